The Morgan fingerprint density at radius 1 is 1.77 bits per heavy atom. The third-order valence-corrected chi connectivity index (χ3v) is 2.01. The zero-order valence-electron chi connectivity index (χ0n) is 7.29. The number of thiocarbonyl (C=S) groups is 1. The maximum atomic E-state index is 11.1. The Morgan fingerprint density at radius 2 is 2.46 bits per heavy atom. The lowest BCUT2D eigenvalue weighted by Crippen LogP contribution is -2.37. The van der Waals surface area contributed by atoms with Crippen molar-refractivity contribution in [2.24, 2.45) is 0 Å². The molecule has 0 saturated carbocycles. The number of hydrogen-bond donors (Lipinski definition) is 2. The highest BCUT2D eigenvalue weighted by Gasteiger charge is 2.24. The van der Waals surface area contributed by atoms with Crippen LogP contribution in [0, 0.1) is 0 Å². The van der Waals surface area contributed by atoms with E-state index in [2.05, 4.69) is 10.6 Å². The average Bonchev–Trinajstić information content (AvgIpc) is 2.34. The Labute approximate surface area is 81.5 Å². The van der Waals surface area contributed by atoms with Crippen molar-refractivity contribution in [3.8, 4) is 0 Å². The van der Waals surface area contributed by atoms with Crippen LogP contribution in [0.25, 0.3) is 0 Å². The van der Waals surface area contributed by atoms with Crippen LogP contribution in [0.4, 0.5) is 0 Å². The van der Waals surface area contributed by atoms with Gasteiger partial charge in [-0.05, 0) is 12.2 Å². The molecule has 0 aromatic carbocycles. The average molecular weight is 201 g/mol. The van der Waals surface area contributed by atoms with Gasteiger partial charge in [0, 0.05) is 20.0 Å². The van der Waals surface area contributed by atoms with Crippen LogP contribution in [0.15, 0.2) is 0 Å². The molecule has 0 unspecified atom stereocenters. The minimum absolute atomic E-state index is 0.0460. The second-order valence-electron chi connectivity index (χ2n) is 2.69. The van der Waals surface area contributed by atoms with Crippen molar-refractivity contribution in [1.82, 2.24) is 15.5 Å². The van der Waals surface area contributed by atoms with E-state index in [0.29, 0.717) is 18.2 Å². The highest BCUT2D eigenvalue weighted by molar-refractivity contribution is 7.80. The number of carbonyl (C=O) groups is 2. The molecule has 1 fully saturated rings. The predicted molar refractivity (Wildman–Crippen MR) is 51.0 cm³/mol. The topological polar surface area (TPSA) is 61.4 Å². The van der Waals surface area contributed by atoms with Crippen LogP contribution in [0.1, 0.15) is 6.92 Å². The molecule has 1 aliphatic heterocycles. The standard InChI is InChI=1S/C7H11N3O2S/c1-5(11)8-2-3-10-6(12)4-9-7(10)13/h2-4H2,1H3,(H,8,11)(H,9,13). The van der Waals surface area contributed by atoms with Crippen molar-refractivity contribution in [2.45, 2.75) is 6.92 Å². The smallest absolute Gasteiger partial charge is 0.248 e. The second-order valence-corrected chi connectivity index (χ2v) is 3.07. The molecule has 1 saturated heterocycles. The number of hydrogen-bond acceptors (Lipinski definition) is 3. The summed E-state index contributed by atoms with van der Waals surface area (Å²) in [7, 11) is 0. The summed E-state index contributed by atoms with van der Waals surface area (Å²) < 4.78 is 0. The van der Waals surface area contributed by atoms with E-state index in [1.807, 2.05) is 0 Å². The lowest BCUT2D eigenvalue weighted by molar-refractivity contribution is -0.125. The molecular weight excluding hydrogens is 190 g/mol. The van der Waals surface area contributed by atoms with Gasteiger partial charge in [0.25, 0.3) is 0 Å². The van der Waals surface area contributed by atoms with Gasteiger partial charge in [0.05, 0.1) is 6.54 Å². The Morgan fingerprint density at radius 3 is 2.92 bits per heavy atom. The lowest BCUT2D eigenvalue weighted by atomic mass is 10.5. The van der Waals surface area contributed by atoms with Gasteiger partial charge in [-0.2, -0.15) is 0 Å². The molecule has 13 heavy (non-hydrogen) atoms. The summed E-state index contributed by atoms with van der Waals surface area (Å²) in [5.41, 5.74) is 0. The molecule has 2 N–H and O–H groups in total. The molecule has 6 heteroatoms. The van der Waals surface area contributed by atoms with E-state index in [4.69, 9.17) is 12.2 Å². The third-order valence-electron chi connectivity index (χ3n) is 1.65. The van der Waals surface area contributed by atoms with Crippen LogP contribution in [0.3, 0.4) is 0 Å². The SMILES string of the molecule is CC(=O)NCCN1C(=O)CNC1=S. The number of nitrogens with zero attached hydrogens (tertiary/aromatic N) is 1. The van der Waals surface area contributed by atoms with Crippen molar-refractivity contribution in [2.75, 3.05) is 19.6 Å². The highest BCUT2D eigenvalue weighted by Crippen LogP contribution is 1.97. The molecule has 0 aromatic heterocycles. The fraction of sp³-hybridized carbons (Fsp3) is 0.571. The molecular formula is C7H11N3O2S. The molecule has 0 radical (unpaired) electrons. The summed E-state index contributed by atoms with van der Waals surface area (Å²) in [5, 5.41) is 5.79. The Balaban J connectivity index is 2.31. The molecule has 1 heterocycles. The van der Waals surface area contributed by atoms with Gasteiger partial charge < -0.3 is 10.6 Å². The van der Waals surface area contributed by atoms with E-state index >= 15 is 0 Å². The first-order valence-electron chi connectivity index (χ1n) is 3.94. The fourth-order valence-electron chi connectivity index (χ4n) is 1.03. The van der Waals surface area contributed by atoms with Crippen LogP contribution in [0.2, 0.25) is 0 Å². The first-order chi connectivity index (χ1) is 6.11. The first kappa shape index (κ1) is 9.91. The van der Waals surface area contributed by atoms with Crippen LogP contribution in [-0.4, -0.2) is 41.5 Å². The van der Waals surface area contributed by atoms with E-state index in [1.165, 1.54) is 11.8 Å². The monoisotopic (exact) mass is 201 g/mol. The summed E-state index contributed by atoms with van der Waals surface area (Å²) in [5.74, 6) is -0.152. The summed E-state index contributed by atoms with van der Waals surface area (Å²) in [6, 6.07) is 0. The summed E-state index contributed by atoms with van der Waals surface area (Å²) in [6.45, 7) is 2.56. The minimum Gasteiger partial charge on any atom is -0.355 e. The molecule has 0 atom stereocenters. The zero-order chi connectivity index (χ0) is 9.84. The Kier molecular flexibility index (Phi) is 3.18. The van der Waals surface area contributed by atoms with Gasteiger partial charge in [-0.1, -0.05) is 0 Å². The molecule has 0 aromatic rings. The van der Waals surface area contributed by atoms with Crippen molar-refractivity contribution in [1.29, 1.82) is 0 Å². The molecule has 0 aliphatic carbocycles. The van der Waals surface area contributed by atoms with Gasteiger partial charge >= 0.3 is 0 Å². The summed E-state index contributed by atoms with van der Waals surface area (Å²) >= 11 is 4.88. The van der Waals surface area contributed by atoms with E-state index in [-0.39, 0.29) is 18.4 Å². The number of amides is 2. The zero-order valence-corrected chi connectivity index (χ0v) is 8.11. The lowest BCUT2D eigenvalue weighted by Gasteiger charge is -2.13. The Bertz CT molecular complexity index is 238. The van der Waals surface area contributed by atoms with Gasteiger partial charge in [0.1, 0.15) is 0 Å². The Hall–Kier alpha value is -1.17. The maximum Gasteiger partial charge on any atom is 0.248 e. The van der Waals surface area contributed by atoms with Crippen molar-refractivity contribution in [3.63, 3.8) is 0 Å². The van der Waals surface area contributed by atoms with E-state index in [0.717, 1.165) is 0 Å². The summed E-state index contributed by atoms with van der Waals surface area (Å²) in [6.07, 6.45) is 0. The molecule has 72 valence electrons. The fourth-order valence-corrected chi connectivity index (χ4v) is 1.29. The van der Waals surface area contributed by atoms with Gasteiger partial charge in [0.2, 0.25) is 11.8 Å². The first-order valence-corrected chi connectivity index (χ1v) is 4.34. The quantitative estimate of drug-likeness (QED) is 0.565. The van der Waals surface area contributed by atoms with Crippen LogP contribution in [-0.2, 0) is 9.59 Å². The normalized spacial score (nSPS) is 15.9. The van der Waals surface area contributed by atoms with Gasteiger partial charge in [-0.25, -0.2) is 0 Å². The maximum absolute atomic E-state index is 11.1. The van der Waals surface area contributed by atoms with E-state index in [9.17, 15) is 9.59 Å². The largest absolute Gasteiger partial charge is 0.355 e. The minimum atomic E-state index is -0.106. The van der Waals surface area contributed by atoms with Crippen molar-refractivity contribution >= 4 is 29.1 Å². The molecule has 5 nitrogen and oxygen atoms in total. The molecule has 2 amide bonds. The van der Waals surface area contributed by atoms with Crippen LogP contribution < -0.4 is 10.6 Å². The highest BCUT2D eigenvalue weighted by atomic mass is 32.1. The van der Waals surface area contributed by atoms with E-state index < -0.39 is 0 Å². The van der Waals surface area contributed by atoms with Gasteiger partial charge in [-0.15, -0.1) is 0 Å². The summed E-state index contributed by atoms with van der Waals surface area (Å²) in [4.78, 5) is 23.1. The van der Waals surface area contributed by atoms with Crippen LogP contribution >= 0.6 is 12.2 Å². The van der Waals surface area contributed by atoms with Crippen LogP contribution in [0.5, 0.6) is 0 Å². The molecule has 1 aliphatic rings. The van der Waals surface area contributed by atoms with Gasteiger partial charge in [-0.3, -0.25) is 14.5 Å². The third kappa shape index (κ3) is 2.66. The molecule has 0 bridgehead atoms. The van der Waals surface area contributed by atoms with Gasteiger partial charge in [0.15, 0.2) is 5.11 Å². The molecule has 1 rings (SSSR count). The predicted octanol–water partition coefficient (Wildman–Crippen LogP) is -1.16. The number of rotatable bonds is 3. The second kappa shape index (κ2) is 4.18. The number of carbonyl (C=O) groups excluding carboxylic acids is 2. The molecule has 0 spiro atoms. The number of nitrogens with one attached hydrogen (secondary N) is 2. The van der Waals surface area contributed by atoms with Crippen molar-refractivity contribution in [3.05, 3.63) is 0 Å². The van der Waals surface area contributed by atoms with E-state index in [1.54, 1.807) is 0 Å². The van der Waals surface area contributed by atoms with Crippen molar-refractivity contribution < 1.29 is 9.59 Å².